The van der Waals surface area contributed by atoms with Gasteiger partial charge in [0.1, 0.15) is 5.82 Å². The van der Waals surface area contributed by atoms with Crippen molar-refractivity contribution in [3.8, 4) is 11.3 Å². The van der Waals surface area contributed by atoms with Crippen LogP contribution in [0.3, 0.4) is 0 Å². The molecule has 0 radical (unpaired) electrons. The maximum absolute atomic E-state index is 13.1. The Balaban J connectivity index is 1.69. The van der Waals surface area contributed by atoms with E-state index < -0.39 is 0 Å². The molecule has 0 spiro atoms. The second-order valence-electron chi connectivity index (χ2n) is 6.45. The normalized spacial score (nSPS) is 17.2. The van der Waals surface area contributed by atoms with Gasteiger partial charge in [-0.25, -0.2) is 9.37 Å². The predicted molar refractivity (Wildman–Crippen MR) is 100 cm³/mol. The fourth-order valence-corrected chi connectivity index (χ4v) is 4.01. The molecule has 0 bridgehead atoms. The number of piperidine rings is 1. The zero-order chi connectivity index (χ0) is 18.7. The van der Waals surface area contributed by atoms with E-state index in [0.717, 1.165) is 35.5 Å². The SMILES string of the molecule is CCC(=O)N1CCCC(C(=O)Nc2nc(-c3ccc(F)cc3)c(C)s2)C1. The Morgan fingerprint density at radius 3 is 2.77 bits per heavy atom. The molecule has 1 atom stereocenters. The first kappa shape index (κ1) is 18.5. The van der Waals surface area contributed by atoms with E-state index in [0.29, 0.717) is 18.1 Å². The monoisotopic (exact) mass is 375 g/mol. The largest absolute Gasteiger partial charge is 0.342 e. The minimum atomic E-state index is -0.293. The van der Waals surface area contributed by atoms with Gasteiger partial charge in [-0.05, 0) is 44.0 Å². The van der Waals surface area contributed by atoms with Crippen molar-refractivity contribution in [2.45, 2.75) is 33.1 Å². The van der Waals surface area contributed by atoms with Crippen molar-refractivity contribution in [3.05, 3.63) is 35.0 Å². The summed E-state index contributed by atoms with van der Waals surface area (Å²) < 4.78 is 13.1. The molecule has 1 aromatic heterocycles. The van der Waals surface area contributed by atoms with Crippen LogP contribution in [0, 0.1) is 18.7 Å². The van der Waals surface area contributed by atoms with Crippen molar-refractivity contribution in [1.82, 2.24) is 9.88 Å². The molecule has 7 heteroatoms. The number of benzene rings is 1. The van der Waals surface area contributed by atoms with E-state index in [9.17, 15) is 14.0 Å². The van der Waals surface area contributed by atoms with E-state index in [1.54, 1.807) is 17.0 Å². The highest BCUT2D eigenvalue weighted by Crippen LogP contribution is 2.31. The van der Waals surface area contributed by atoms with Crippen LogP contribution in [-0.4, -0.2) is 34.8 Å². The molecule has 1 N–H and O–H groups in total. The van der Waals surface area contributed by atoms with E-state index in [-0.39, 0.29) is 23.5 Å². The number of amides is 2. The zero-order valence-electron chi connectivity index (χ0n) is 14.9. The number of hydrogen-bond donors (Lipinski definition) is 1. The number of anilines is 1. The summed E-state index contributed by atoms with van der Waals surface area (Å²) >= 11 is 1.40. The first-order valence-corrected chi connectivity index (χ1v) is 9.61. The van der Waals surface area contributed by atoms with E-state index in [2.05, 4.69) is 10.3 Å². The van der Waals surface area contributed by atoms with Gasteiger partial charge in [-0.2, -0.15) is 0 Å². The van der Waals surface area contributed by atoms with Gasteiger partial charge in [0.25, 0.3) is 0 Å². The van der Waals surface area contributed by atoms with Crippen LogP contribution >= 0.6 is 11.3 Å². The van der Waals surface area contributed by atoms with Crippen LogP contribution < -0.4 is 5.32 Å². The number of hydrogen-bond acceptors (Lipinski definition) is 4. The molecule has 1 fully saturated rings. The number of thiazole rings is 1. The Morgan fingerprint density at radius 2 is 2.08 bits per heavy atom. The third kappa shape index (κ3) is 4.09. The van der Waals surface area contributed by atoms with Gasteiger partial charge in [0.15, 0.2) is 5.13 Å². The lowest BCUT2D eigenvalue weighted by Crippen LogP contribution is -2.43. The highest BCUT2D eigenvalue weighted by molar-refractivity contribution is 7.16. The van der Waals surface area contributed by atoms with Crippen LogP contribution in [-0.2, 0) is 9.59 Å². The average molecular weight is 375 g/mol. The molecule has 1 saturated heterocycles. The first-order chi connectivity index (χ1) is 12.5. The molecule has 2 amide bonds. The van der Waals surface area contributed by atoms with Crippen LogP contribution in [0.25, 0.3) is 11.3 Å². The van der Waals surface area contributed by atoms with Crippen molar-refractivity contribution in [1.29, 1.82) is 0 Å². The zero-order valence-corrected chi connectivity index (χ0v) is 15.7. The quantitative estimate of drug-likeness (QED) is 0.883. The first-order valence-electron chi connectivity index (χ1n) is 8.80. The fraction of sp³-hybridized carbons (Fsp3) is 0.421. The lowest BCUT2D eigenvalue weighted by atomic mass is 9.97. The molecule has 138 valence electrons. The second-order valence-corrected chi connectivity index (χ2v) is 7.66. The summed E-state index contributed by atoms with van der Waals surface area (Å²) in [6.07, 6.45) is 2.07. The Labute approximate surface area is 156 Å². The average Bonchev–Trinajstić information content (AvgIpc) is 3.01. The fourth-order valence-electron chi connectivity index (χ4n) is 3.17. The molecule has 0 aliphatic carbocycles. The minimum absolute atomic E-state index is 0.0891. The summed E-state index contributed by atoms with van der Waals surface area (Å²) in [4.78, 5) is 31.7. The maximum Gasteiger partial charge on any atom is 0.231 e. The Bertz CT molecular complexity index is 804. The molecular weight excluding hydrogens is 353 g/mol. The van der Waals surface area contributed by atoms with Crippen molar-refractivity contribution >= 4 is 28.3 Å². The molecule has 1 unspecified atom stereocenters. The van der Waals surface area contributed by atoms with Gasteiger partial charge in [-0.3, -0.25) is 9.59 Å². The van der Waals surface area contributed by atoms with E-state index in [1.165, 1.54) is 23.5 Å². The van der Waals surface area contributed by atoms with Crippen molar-refractivity contribution in [3.63, 3.8) is 0 Å². The molecule has 2 heterocycles. The van der Waals surface area contributed by atoms with E-state index >= 15 is 0 Å². The third-order valence-corrected chi connectivity index (χ3v) is 5.48. The van der Waals surface area contributed by atoms with Crippen molar-refractivity contribution in [2.24, 2.45) is 5.92 Å². The van der Waals surface area contributed by atoms with Gasteiger partial charge in [0.05, 0.1) is 11.6 Å². The van der Waals surface area contributed by atoms with Gasteiger partial charge in [0.2, 0.25) is 11.8 Å². The number of nitrogens with zero attached hydrogens (tertiary/aromatic N) is 2. The van der Waals surface area contributed by atoms with Crippen LogP contribution in [0.2, 0.25) is 0 Å². The third-order valence-electron chi connectivity index (χ3n) is 4.59. The highest BCUT2D eigenvalue weighted by atomic mass is 32.1. The summed E-state index contributed by atoms with van der Waals surface area (Å²) in [5, 5.41) is 3.42. The summed E-state index contributed by atoms with van der Waals surface area (Å²) in [5.41, 5.74) is 1.56. The van der Waals surface area contributed by atoms with E-state index in [4.69, 9.17) is 0 Å². The van der Waals surface area contributed by atoms with Crippen LogP contribution in [0.15, 0.2) is 24.3 Å². The van der Waals surface area contributed by atoms with Gasteiger partial charge in [0, 0.05) is 30.0 Å². The number of likely N-dealkylation sites (tertiary alicyclic amines) is 1. The number of halogens is 1. The van der Waals surface area contributed by atoms with Crippen LogP contribution in [0.1, 0.15) is 31.1 Å². The van der Waals surface area contributed by atoms with E-state index in [1.807, 2.05) is 13.8 Å². The number of carbonyl (C=O) groups excluding carboxylic acids is 2. The number of carbonyl (C=O) groups is 2. The highest BCUT2D eigenvalue weighted by Gasteiger charge is 2.28. The van der Waals surface area contributed by atoms with Gasteiger partial charge in [-0.1, -0.05) is 6.92 Å². The molecule has 1 aliphatic heterocycles. The van der Waals surface area contributed by atoms with Crippen LogP contribution in [0.4, 0.5) is 9.52 Å². The number of aryl methyl sites for hydroxylation is 1. The summed E-state index contributed by atoms with van der Waals surface area (Å²) in [5.74, 6) is -0.513. The Hall–Kier alpha value is -2.28. The maximum atomic E-state index is 13.1. The second kappa shape index (κ2) is 7.95. The summed E-state index contributed by atoms with van der Waals surface area (Å²) in [6.45, 7) is 4.95. The molecule has 26 heavy (non-hydrogen) atoms. The molecule has 3 rings (SSSR count). The lowest BCUT2D eigenvalue weighted by Gasteiger charge is -2.31. The predicted octanol–water partition coefficient (Wildman–Crippen LogP) is 3.84. The standard InChI is InChI=1S/C19H22FN3O2S/c1-3-16(24)23-10-4-5-14(11-23)18(25)22-19-21-17(12(2)26-19)13-6-8-15(20)9-7-13/h6-9,14H,3-5,10-11H2,1-2H3,(H,21,22,25). The van der Waals surface area contributed by atoms with Crippen molar-refractivity contribution < 1.29 is 14.0 Å². The molecule has 2 aromatic rings. The van der Waals surface area contributed by atoms with Gasteiger partial charge < -0.3 is 10.2 Å². The van der Waals surface area contributed by atoms with Gasteiger partial charge >= 0.3 is 0 Å². The Morgan fingerprint density at radius 1 is 1.35 bits per heavy atom. The smallest absolute Gasteiger partial charge is 0.231 e. The minimum Gasteiger partial charge on any atom is -0.342 e. The van der Waals surface area contributed by atoms with Crippen LogP contribution in [0.5, 0.6) is 0 Å². The number of rotatable bonds is 4. The number of nitrogens with one attached hydrogen (secondary N) is 1. The van der Waals surface area contributed by atoms with Crippen molar-refractivity contribution in [2.75, 3.05) is 18.4 Å². The summed E-state index contributed by atoms with van der Waals surface area (Å²) in [6, 6.07) is 6.15. The topological polar surface area (TPSA) is 62.3 Å². The Kier molecular flexibility index (Phi) is 5.66. The molecule has 1 aliphatic rings. The van der Waals surface area contributed by atoms with Gasteiger partial charge in [-0.15, -0.1) is 11.3 Å². The molecule has 5 nitrogen and oxygen atoms in total. The molecule has 0 saturated carbocycles. The summed E-state index contributed by atoms with van der Waals surface area (Å²) in [7, 11) is 0. The molecular formula is C19H22FN3O2S. The number of aromatic nitrogens is 1. The lowest BCUT2D eigenvalue weighted by molar-refractivity contribution is -0.134. The molecule has 1 aromatic carbocycles.